The van der Waals surface area contributed by atoms with Crippen LogP contribution in [0.3, 0.4) is 0 Å². The Kier molecular flexibility index (Phi) is 10.1. The first-order chi connectivity index (χ1) is 14.5. The summed E-state index contributed by atoms with van der Waals surface area (Å²) < 4.78 is 28.1. The Morgan fingerprint density at radius 3 is 2.35 bits per heavy atom. The molecule has 0 aliphatic carbocycles. The molecule has 1 fully saturated rings. The van der Waals surface area contributed by atoms with E-state index in [1.165, 1.54) is 25.3 Å². The summed E-state index contributed by atoms with van der Waals surface area (Å²) in [6.07, 6.45) is 3.28. The predicted molar refractivity (Wildman–Crippen MR) is 111 cm³/mol. The maximum Gasteiger partial charge on any atom is 0.328 e. The molecular weight excluding hydrogens is 430 g/mol. The number of nitrogens with zero attached hydrogens (tertiary/aromatic N) is 1. The molecule has 11 nitrogen and oxygen atoms in total. The molecule has 0 saturated carbocycles. The molecule has 12 heteroatoms. The fourth-order valence-electron chi connectivity index (χ4n) is 3.03. The van der Waals surface area contributed by atoms with Crippen LogP contribution >= 0.6 is 0 Å². The molecule has 1 unspecified atom stereocenters. The number of primary sulfonamides is 1. The fraction of sp³-hybridized carbons (Fsp3) is 0.421. The van der Waals surface area contributed by atoms with Gasteiger partial charge < -0.3 is 20.3 Å². The molecular formula is C19H27N3O8S. The Balaban J connectivity index is 0.000000512. The van der Waals surface area contributed by atoms with Gasteiger partial charge in [0.25, 0.3) is 5.91 Å². The second-order valence-electron chi connectivity index (χ2n) is 6.55. The third kappa shape index (κ3) is 8.74. The van der Waals surface area contributed by atoms with E-state index in [1.54, 1.807) is 0 Å². The van der Waals surface area contributed by atoms with Crippen LogP contribution in [0.1, 0.15) is 30.1 Å². The summed E-state index contributed by atoms with van der Waals surface area (Å²) >= 11 is 0. The van der Waals surface area contributed by atoms with E-state index in [1.807, 2.05) is 0 Å². The Hall–Kier alpha value is -2.96. The van der Waals surface area contributed by atoms with Crippen molar-refractivity contribution in [3.63, 3.8) is 0 Å². The van der Waals surface area contributed by atoms with E-state index in [2.05, 4.69) is 17.1 Å². The number of rotatable bonds is 8. The van der Waals surface area contributed by atoms with Gasteiger partial charge in [0, 0.05) is 24.7 Å². The number of nitrogens with one attached hydrogen (secondary N) is 1. The van der Waals surface area contributed by atoms with Gasteiger partial charge in [-0.1, -0.05) is 6.92 Å². The highest BCUT2D eigenvalue weighted by Gasteiger charge is 2.24. The molecule has 1 aliphatic rings. The number of carbonyl (C=O) groups is 3. The maximum absolute atomic E-state index is 12.4. The van der Waals surface area contributed by atoms with Crippen molar-refractivity contribution in [1.82, 2.24) is 10.2 Å². The van der Waals surface area contributed by atoms with E-state index in [9.17, 15) is 22.8 Å². The molecule has 2 rings (SSSR count). The number of sulfonamides is 1. The molecule has 1 aromatic carbocycles. The van der Waals surface area contributed by atoms with Crippen molar-refractivity contribution in [2.24, 2.45) is 5.14 Å². The smallest absolute Gasteiger partial charge is 0.328 e. The van der Waals surface area contributed by atoms with Gasteiger partial charge in [0.2, 0.25) is 10.0 Å². The number of amides is 1. The maximum atomic E-state index is 12.4. The molecule has 1 saturated heterocycles. The fourth-order valence-corrected chi connectivity index (χ4v) is 3.57. The second-order valence-corrected chi connectivity index (χ2v) is 8.11. The zero-order chi connectivity index (χ0) is 23.6. The first-order valence-electron chi connectivity index (χ1n) is 9.36. The topological polar surface area (TPSA) is 176 Å². The molecule has 0 aromatic heterocycles. The summed E-state index contributed by atoms with van der Waals surface area (Å²) in [5, 5.41) is 23.6. The monoisotopic (exact) mass is 457 g/mol. The zero-order valence-corrected chi connectivity index (χ0v) is 18.1. The molecule has 31 heavy (non-hydrogen) atoms. The number of nitrogens with two attached hydrogens (primary N) is 1. The van der Waals surface area contributed by atoms with Crippen LogP contribution in [-0.4, -0.2) is 74.2 Å². The standard InChI is InChI=1S/C15H23N3O4S.C4H4O4/c1-3-18-8-4-5-11(18)10-17-15(19)13-9-12(23(16,20)21)6-7-14(13)22-2;5-3(6)1-2-4(7)8/h6-7,9,11H,3-5,8,10H2,1-2H3,(H,17,19)(H2,16,20,21);1-2H,(H,5,6)(H,7,8)/b;2-1+. The summed E-state index contributed by atoms with van der Waals surface area (Å²) in [6, 6.07) is 4.32. The molecule has 0 spiro atoms. The second kappa shape index (κ2) is 12.0. The van der Waals surface area contributed by atoms with Crippen LogP contribution in [-0.2, 0) is 19.6 Å². The normalized spacial score (nSPS) is 16.4. The quantitative estimate of drug-likeness (QED) is 0.399. The van der Waals surface area contributed by atoms with Crippen LogP contribution in [0.4, 0.5) is 0 Å². The van der Waals surface area contributed by atoms with Gasteiger partial charge in [-0.3, -0.25) is 9.69 Å². The Morgan fingerprint density at radius 2 is 1.87 bits per heavy atom. The Morgan fingerprint density at radius 1 is 1.26 bits per heavy atom. The lowest BCUT2D eigenvalue weighted by atomic mass is 10.1. The van der Waals surface area contributed by atoms with Gasteiger partial charge in [0.15, 0.2) is 0 Å². The SMILES string of the molecule is CCN1CCCC1CNC(=O)c1cc(S(N)(=O)=O)ccc1OC.O=C(O)/C=C/C(=O)O. The Bertz CT molecular complexity index is 914. The van der Waals surface area contributed by atoms with E-state index >= 15 is 0 Å². The number of methoxy groups -OCH3 is 1. The molecule has 5 N–H and O–H groups in total. The lowest BCUT2D eigenvalue weighted by molar-refractivity contribution is -0.134. The first-order valence-corrected chi connectivity index (χ1v) is 10.9. The van der Waals surface area contributed by atoms with Gasteiger partial charge in [-0.25, -0.2) is 23.1 Å². The van der Waals surface area contributed by atoms with E-state index in [0.717, 1.165) is 25.9 Å². The van der Waals surface area contributed by atoms with Crippen LogP contribution in [0, 0.1) is 0 Å². The number of aliphatic carboxylic acids is 2. The highest BCUT2D eigenvalue weighted by atomic mass is 32.2. The summed E-state index contributed by atoms with van der Waals surface area (Å²) in [4.78, 5) is 33.7. The van der Waals surface area contributed by atoms with Crippen molar-refractivity contribution in [2.75, 3.05) is 26.7 Å². The third-order valence-electron chi connectivity index (χ3n) is 4.52. The van der Waals surface area contributed by atoms with E-state index in [4.69, 9.17) is 20.1 Å². The van der Waals surface area contributed by atoms with Crippen LogP contribution in [0.2, 0.25) is 0 Å². The summed E-state index contributed by atoms with van der Waals surface area (Å²) in [6.45, 7) is 4.61. The summed E-state index contributed by atoms with van der Waals surface area (Å²) in [5.74, 6) is -2.57. The first kappa shape index (κ1) is 26.1. The number of benzene rings is 1. The van der Waals surface area contributed by atoms with Crippen molar-refractivity contribution >= 4 is 27.9 Å². The zero-order valence-electron chi connectivity index (χ0n) is 17.3. The van der Waals surface area contributed by atoms with Crippen molar-refractivity contribution in [2.45, 2.75) is 30.7 Å². The lowest BCUT2D eigenvalue weighted by Crippen LogP contribution is -2.40. The van der Waals surface area contributed by atoms with Gasteiger partial charge in [0.1, 0.15) is 5.75 Å². The van der Waals surface area contributed by atoms with Gasteiger partial charge >= 0.3 is 11.9 Å². The molecule has 0 bridgehead atoms. The molecule has 1 aliphatic heterocycles. The van der Waals surface area contributed by atoms with Crippen molar-refractivity contribution in [1.29, 1.82) is 0 Å². The third-order valence-corrected chi connectivity index (χ3v) is 5.43. The Labute approximate surface area is 180 Å². The molecule has 0 radical (unpaired) electrons. The molecule has 172 valence electrons. The number of hydrogen-bond donors (Lipinski definition) is 4. The number of likely N-dealkylation sites (tertiary alicyclic amines) is 1. The highest BCUT2D eigenvalue weighted by Crippen LogP contribution is 2.22. The van der Waals surface area contributed by atoms with Crippen molar-refractivity contribution in [3.05, 3.63) is 35.9 Å². The highest BCUT2D eigenvalue weighted by molar-refractivity contribution is 7.89. The molecule has 1 atom stereocenters. The predicted octanol–water partition coefficient (Wildman–Crippen LogP) is 0.269. The number of ether oxygens (including phenoxy) is 1. The summed E-state index contributed by atoms with van der Waals surface area (Å²) in [5.41, 5.74) is 0.167. The van der Waals surface area contributed by atoms with Crippen LogP contribution in [0.25, 0.3) is 0 Å². The van der Waals surface area contributed by atoms with Crippen molar-refractivity contribution in [3.8, 4) is 5.75 Å². The van der Waals surface area contributed by atoms with Gasteiger partial charge in [-0.15, -0.1) is 0 Å². The van der Waals surface area contributed by atoms with E-state index in [0.29, 0.717) is 30.5 Å². The van der Waals surface area contributed by atoms with Crippen LogP contribution in [0.15, 0.2) is 35.2 Å². The van der Waals surface area contributed by atoms with Gasteiger partial charge in [0.05, 0.1) is 17.6 Å². The van der Waals surface area contributed by atoms with Gasteiger partial charge in [-0.2, -0.15) is 0 Å². The average Bonchev–Trinajstić information content (AvgIpc) is 3.17. The van der Waals surface area contributed by atoms with Crippen molar-refractivity contribution < 1.29 is 37.8 Å². The number of carboxylic acids is 2. The molecule has 1 heterocycles. The number of likely N-dealkylation sites (N-methyl/N-ethyl adjacent to an activating group) is 1. The van der Waals surface area contributed by atoms with Crippen LogP contribution in [0.5, 0.6) is 5.75 Å². The van der Waals surface area contributed by atoms with Crippen LogP contribution < -0.4 is 15.2 Å². The largest absolute Gasteiger partial charge is 0.496 e. The number of hydrogen-bond acceptors (Lipinski definition) is 7. The van der Waals surface area contributed by atoms with E-state index in [-0.39, 0.29) is 16.4 Å². The van der Waals surface area contributed by atoms with E-state index < -0.39 is 22.0 Å². The summed E-state index contributed by atoms with van der Waals surface area (Å²) in [7, 11) is -2.44. The average molecular weight is 458 g/mol. The number of carbonyl (C=O) groups excluding carboxylic acids is 1. The molecule has 1 aromatic rings. The minimum atomic E-state index is -3.87. The van der Waals surface area contributed by atoms with Gasteiger partial charge in [-0.05, 0) is 44.1 Å². The lowest BCUT2D eigenvalue weighted by Gasteiger charge is -2.23. The minimum absolute atomic E-state index is 0.112. The minimum Gasteiger partial charge on any atom is -0.496 e. The molecule has 1 amide bonds. The number of carboxylic acid groups (broad SMARTS) is 2.